The second kappa shape index (κ2) is 7.75. The Hall–Kier alpha value is -4.46. The van der Waals surface area contributed by atoms with Gasteiger partial charge in [-0.25, -0.2) is 14.6 Å². The zero-order chi connectivity index (χ0) is 21.2. The zero-order valence-electron chi connectivity index (χ0n) is 16.3. The quantitative estimate of drug-likeness (QED) is 0.451. The summed E-state index contributed by atoms with van der Waals surface area (Å²) >= 11 is 0. The number of aromatic hydroxyl groups is 1. The van der Waals surface area contributed by atoms with Crippen LogP contribution in [0.3, 0.4) is 0 Å². The molecule has 0 spiro atoms. The lowest BCUT2D eigenvalue weighted by atomic mass is 10.1. The molecule has 31 heavy (non-hydrogen) atoms. The highest BCUT2D eigenvalue weighted by Crippen LogP contribution is 2.27. The van der Waals surface area contributed by atoms with Gasteiger partial charge in [0.25, 0.3) is 5.91 Å². The lowest BCUT2D eigenvalue weighted by Crippen LogP contribution is -2.14. The molecule has 0 fully saturated rings. The van der Waals surface area contributed by atoms with E-state index in [1.807, 2.05) is 42.5 Å². The van der Waals surface area contributed by atoms with Crippen molar-refractivity contribution in [1.82, 2.24) is 19.7 Å². The van der Waals surface area contributed by atoms with Gasteiger partial charge in [0.05, 0.1) is 29.1 Å². The van der Waals surface area contributed by atoms with Crippen molar-refractivity contribution in [1.29, 1.82) is 0 Å². The van der Waals surface area contributed by atoms with Crippen LogP contribution in [-0.2, 0) is 6.54 Å². The summed E-state index contributed by atoms with van der Waals surface area (Å²) in [5.74, 6) is 0.275. The summed E-state index contributed by atoms with van der Waals surface area (Å²) < 4.78 is 7.13. The first kappa shape index (κ1) is 18.6. The predicted octanol–water partition coefficient (Wildman–Crippen LogP) is 4.09. The number of carbonyl (C=O) groups is 1. The van der Waals surface area contributed by atoms with Crippen molar-refractivity contribution in [3.8, 4) is 17.0 Å². The van der Waals surface area contributed by atoms with Crippen LogP contribution < -0.4 is 5.32 Å². The highest BCUT2D eigenvalue weighted by Gasteiger charge is 2.19. The fourth-order valence-electron chi connectivity index (χ4n) is 3.33. The van der Waals surface area contributed by atoms with Crippen molar-refractivity contribution in [3.05, 3.63) is 90.6 Å². The van der Waals surface area contributed by atoms with Gasteiger partial charge in [-0.15, -0.1) is 0 Å². The highest BCUT2D eigenvalue weighted by molar-refractivity contribution is 6.12. The van der Waals surface area contributed by atoms with E-state index in [1.54, 1.807) is 29.3 Å². The monoisotopic (exact) mass is 411 g/mol. The van der Waals surface area contributed by atoms with Crippen LogP contribution in [0.15, 0.2) is 83.7 Å². The number of pyridine rings is 2. The second-order valence-corrected chi connectivity index (χ2v) is 6.87. The maximum Gasteiger partial charge on any atom is 0.257 e. The predicted molar refractivity (Wildman–Crippen MR) is 115 cm³/mol. The van der Waals surface area contributed by atoms with E-state index in [9.17, 15) is 9.90 Å². The molecule has 8 heteroatoms. The van der Waals surface area contributed by atoms with Crippen LogP contribution >= 0.6 is 0 Å². The van der Waals surface area contributed by atoms with Crippen LogP contribution in [0.4, 0.5) is 5.82 Å². The average molecular weight is 411 g/mol. The maximum absolute atomic E-state index is 13.1. The summed E-state index contributed by atoms with van der Waals surface area (Å²) in [7, 11) is 0. The van der Waals surface area contributed by atoms with Gasteiger partial charge in [-0.3, -0.25) is 4.79 Å². The number of nitrogens with zero attached hydrogens (tertiary/aromatic N) is 4. The Labute approximate surface area is 176 Å². The number of hydrogen-bond donors (Lipinski definition) is 2. The van der Waals surface area contributed by atoms with Crippen LogP contribution in [0.1, 0.15) is 16.1 Å². The molecule has 0 bridgehead atoms. The average Bonchev–Trinajstić information content (AvgIpc) is 3.46. The van der Waals surface area contributed by atoms with E-state index in [0.29, 0.717) is 28.8 Å². The normalized spacial score (nSPS) is 11.0. The molecule has 0 radical (unpaired) electrons. The molecule has 0 saturated heterocycles. The van der Waals surface area contributed by atoms with Crippen molar-refractivity contribution >= 4 is 22.8 Å². The summed E-state index contributed by atoms with van der Waals surface area (Å²) in [5.41, 5.74) is 2.42. The molecule has 152 valence electrons. The van der Waals surface area contributed by atoms with Crippen LogP contribution in [0, 0.1) is 0 Å². The summed E-state index contributed by atoms with van der Waals surface area (Å²) in [6.45, 7) is 0.379. The van der Waals surface area contributed by atoms with E-state index in [2.05, 4.69) is 15.4 Å². The molecular formula is C23H17N5O3. The van der Waals surface area contributed by atoms with Crippen LogP contribution in [0.2, 0.25) is 0 Å². The smallest absolute Gasteiger partial charge is 0.257 e. The molecule has 8 nitrogen and oxygen atoms in total. The zero-order valence-corrected chi connectivity index (χ0v) is 16.3. The number of nitrogens with one attached hydrogen (secondary N) is 1. The van der Waals surface area contributed by atoms with E-state index < -0.39 is 5.91 Å². The fourth-order valence-corrected chi connectivity index (χ4v) is 3.33. The van der Waals surface area contributed by atoms with E-state index in [-0.39, 0.29) is 11.6 Å². The van der Waals surface area contributed by atoms with Gasteiger partial charge in [0, 0.05) is 11.8 Å². The van der Waals surface area contributed by atoms with Crippen molar-refractivity contribution in [2.75, 3.05) is 5.32 Å². The Bertz CT molecular complexity index is 1360. The molecule has 2 N–H and O–H groups in total. The number of anilines is 1. The minimum atomic E-state index is -0.420. The molecule has 4 aromatic heterocycles. The standard InChI is InChI=1S/C23H17N5O3/c29-20-9-4-10-24-21(20)27-23(30)17-12-19(15-6-2-1-3-7-15)26-22-18(17)13-25-28(22)14-16-8-5-11-31-16/h1-13,29H,14H2,(H,24,27,30). The van der Waals surface area contributed by atoms with Gasteiger partial charge in [-0.1, -0.05) is 30.3 Å². The van der Waals surface area contributed by atoms with Gasteiger partial charge < -0.3 is 14.8 Å². The van der Waals surface area contributed by atoms with Crippen LogP contribution in [0.5, 0.6) is 5.75 Å². The van der Waals surface area contributed by atoms with Gasteiger partial charge >= 0.3 is 0 Å². The number of benzene rings is 1. The third kappa shape index (κ3) is 3.62. The first-order valence-corrected chi connectivity index (χ1v) is 9.59. The lowest BCUT2D eigenvalue weighted by molar-refractivity contribution is 0.102. The van der Waals surface area contributed by atoms with E-state index >= 15 is 0 Å². The van der Waals surface area contributed by atoms with Crippen molar-refractivity contribution in [2.45, 2.75) is 6.54 Å². The Kier molecular flexibility index (Phi) is 4.64. The second-order valence-electron chi connectivity index (χ2n) is 6.87. The van der Waals surface area contributed by atoms with Crippen molar-refractivity contribution < 1.29 is 14.3 Å². The van der Waals surface area contributed by atoms with Crippen molar-refractivity contribution in [3.63, 3.8) is 0 Å². The third-order valence-electron chi connectivity index (χ3n) is 4.83. The first-order valence-electron chi connectivity index (χ1n) is 9.59. The van der Waals surface area contributed by atoms with Gasteiger partial charge in [-0.05, 0) is 30.3 Å². The number of furan rings is 1. The SMILES string of the molecule is O=C(Nc1ncccc1O)c1cc(-c2ccccc2)nc2c1cnn2Cc1ccco1. The maximum atomic E-state index is 13.1. The molecule has 1 aromatic carbocycles. The molecule has 4 heterocycles. The number of carbonyl (C=O) groups excluding carboxylic acids is 1. The van der Waals surface area contributed by atoms with E-state index in [4.69, 9.17) is 9.40 Å². The van der Waals surface area contributed by atoms with Gasteiger partial charge in [0.1, 0.15) is 12.3 Å². The van der Waals surface area contributed by atoms with Crippen LogP contribution in [-0.4, -0.2) is 30.8 Å². The largest absolute Gasteiger partial charge is 0.504 e. The minimum Gasteiger partial charge on any atom is -0.504 e. The molecule has 5 rings (SSSR count). The Balaban J connectivity index is 1.63. The lowest BCUT2D eigenvalue weighted by Gasteiger charge is -2.10. The summed E-state index contributed by atoms with van der Waals surface area (Å²) in [6, 6.07) is 18.0. The number of amides is 1. The van der Waals surface area contributed by atoms with Gasteiger partial charge in [-0.2, -0.15) is 5.10 Å². The summed E-state index contributed by atoms with van der Waals surface area (Å²) in [4.78, 5) is 21.9. The molecule has 0 aliphatic rings. The number of aromatic nitrogens is 4. The fraction of sp³-hybridized carbons (Fsp3) is 0.0435. The minimum absolute atomic E-state index is 0.0849. The number of rotatable bonds is 5. The number of hydrogen-bond acceptors (Lipinski definition) is 6. The molecule has 1 amide bonds. The van der Waals surface area contributed by atoms with Crippen LogP contribution in [0.25, 0.3) is 22.3 Å². The molecule has 0 aliphatic heterocycles. The van der Waals surface area contributed by atoms with Crippen molar-refractivity contribution in [2.24, 2.45) is 0 Å². The summed E-state index contributed by atoms with van der Waals surface area (Å²) in [6.07, 6.45) is 4.70. The Morgan fingerprint density at radius 1 is 1.10 bits per heavy atom. The molecule has 0 saturated carbocycles. The highest BCUT2D eigenvalue weighted by atomic mass is 16.3. The molecule has 5 aromatic rings. The third-order valence-corrected chi connectivity index (χ3v) is 4.83. The number of fused-ring (bicyclic) bond motifs is 1. The Morgan fingerprint density at radius 2 is 1.97 bits per heavy atom. The van der Waals surface area contributed by atoms with E-state index in [0.717, 1.165) is 11.3 Å². The molecular weight excluding hydrogens is 394 g/mol. The topological polar surface area (TPSA) is 106 Å². The summed E-state index contributed by atoms with van der Waals surface area (Å²) in [5, 5.41) is 17.7. The van der Waals surface area contributed by atoms with Gasteiger partial charge in [0.15, 0.2) is 17.2 Å². The first-order chi connectivity index (χ1) is 15.2. The molecule has 0 unspecified atom stereocenters. The Morgan fingerprint density at radius 3 is 2.74 bits per heavy atom. The molecule has 0 atom stereocenters. The van der Waals surface area contributed by atoms with Gasteiger partial charge in [0.2, 0.25) is 0 Å². The molecule has 0 aliphatic carbocycles. The van der Waals surface area contributed by atoms with E-state index in [1.165, 1.54) is 12.3 Å².